The van der Waals surface area contributed by atoms with Crippen LogP contribution in [-0.2, 0) is 0 Å². The van der Waals surface area contributed by atoms with Crippen LogP contribution in [0.4, 0.5) is 0 Å². The highest BCUT2D eigenvalue weighted by Crippen LogP contribution is 2.27. The standard InChI is InChI=1S/C10H22N2/c1-9(2)7-10(3,8-11)12-5-4-6-12/h9H,4-8,11H2,1-3H3. The topological polar surface area (TPSA) is 29.3 Å². The fourth-order valence-electron chi connectivity index (χ4n) is 2.08. The van der Waals surface area contributed by atoms with Crippen LogP contribution in [0, 0.1) is 5.92 Å². The molecule has 1 aliphatic heterocycles. The number of likely N-dealkylation sites (tertiary alicyclic amines) is 1. The Labute approximate surface area is 76.1 Å². The van der Waals surface area contributed by atoms with Gasteiger partial charge >= 0.3 is 0 Å². The van der Waals surface area contributed by atoms with Gasteiger partial charge in [0, 0.05) is 12.1 Å². The molecule has 2 heteroatoms. The van der Waals surface area contributed by atoms with Gasteiger partial charge in [0.1, 0.15) is 0 Å². The zero-order valence-corrected chi connectivity index (χ0v) is 8.64. The zero-order valence-electron chi connectivity index (χ0n) is 8.64. The summed E-state index contributed by atoms with van der Waals surface area (Å²) < 4.78 is 0. The van der Waals surface area contributed by atoms with Crippen molar-refractivity contribution in [2.24, 2.45) is 11.7 Å². The molecule has 1 atom stereocenters. The Morgan fingerprint density at radius 2 is 2.00 bits per heavy atom. The summed E-state index contributed by atoms with van der Waals surface area (Å²) in [5.74, 6) is 0.749. The third-order valence-corrected chi connectivity index (χ3v) is 2.91. The molecule has 0 aromatic carbocycles. The number of hydrogen-bond donors (Lipinski definition) is 1. The maximum absolute atomic E-state index is 5.82. The molecule has 0 bridgehead atoms. The first-order chi connectivity index (χ1) is 5.58. The molecule has 0 aromatic heterocycles. The quantitative estimate of drug-likeness (QED) is 0.692. The Kier molecular flexibility index (Phi) is 3.13. The molecule has 12 heavy (non-hydrogen) atoms. The molecule has 1 rings (SSSR count). The normalized spacial score (nSPS) is 23.8. The van der Waals surface area contributed by atoms with E-state index in [-0.39, 0.29) is 5.54 Å². The molecule has 1 unspecified atom stereocenters. The fourth-order valence-corrected chi connectivity index (χ4v) is 2.08. The third kappa shape index (κ3) is 1.99. The molecule has 0 amide bonds. The molecule has 1 heterocycles. The van der Waals surface area contributed by atoms with Crippen molar-refractivity contribution in [2.75, 3.05) is 19.6 Å². The Morgan fingerprint density at radius 3 is 2.25 bits per heavy atom. The average molecular weight is 170 g/mol. The van der Waals surface area contributed by atoms with Gasteiger partial charge in [0.15, 0.2) is 0 Å². The van der Waals surface area contributed by atoms with Gasteiger partial charge in [-0.1, -0.05) is 13.8 Å². The Hall–Kier alpha value is -0.0800. The average Bonchev–Trinajstić information content (AvgIpc) is 1.81. The van der Waals surface area contributed by atoms with Crippen molar-refractivity contribution in [3.63, 3.8) is 0 Å². The molecule has 1 saturated heterocycles. The molecule has 1 aliphatic rings. The van der Waals surface area contributed by atoms with Gasteiger partial charge in [-0.25, -0.2) is 0 Å². The van der Waals surface area contributed by atoms with E-state index in [1.54, 1.807) is 0 Å². The number of nitrogens with zero attached hydrogens (tertiary/aromatic N) is 1. The van der Waals surface area contributed by atoms with Crippen LogP contribution in [-0.4, -0.2) is 30.1 Å². The minimum Gasteiger partial charge on any atom is -0.329 e. The van der Waals surface area contributed by atoms with Crippen LogP contribution >= 0.6 is 0 Å². The first kappa shape index (κ1) is 10.0. The first-order valence-corrected chi connectivity index (χ1v) is 5.03. The lowest BCUT2D eigenvalue weighted by Crippen LogP contribution is -2.57. The van der Waals surface area contributed by atoms with Gasteiger partial charge in [-0.15, -0.1) is 0 Å². The largest absolute Gasteiger partial charge is 0.329 e. The van der Waals surface area contributed by atoms with E-state index >= 15 is 0 Å². The van der Waals surface area contributed by atoms with Crippen molar-refractivity contribution < 1.29 is 0 Å². The predicted molar refractivity (Wildman–Crippen MR) is 53.1 cm³/mol. The second kappa shape index (κ2) is 3.75. The highest BCUT2D eigenvalue weighted by atomic mass is 15.2. The molecular weight excluding hydrogens is 148 g/mol. The van der Waals surface area contributed by atoms with Gasteiger partial charge in [-0.2, -0.15) is 0 Å². The third-order valence-electron chi connectivity index (χ3n) is 2.91. The van der Waals surface area contributed by atoms with Gasteiger partial charge < -0.3 is 5.73 Å². The maximum Gasteiger partial charge on any atom is 0.0306 e. The molecule has 72 valence electrons. The van der Waals surface area contributed by atoms with E-state index in [0.717, 1.165) is 12.5 Å². The molecule has 0 saturated carbocycles. The van der Waals surface area contributed by atoms with E-state index in [4.69, 9.17) is 5.73 Å². The van der Waals surface area contributed by atoms with Crippen LogP contribution in [0.15, 0.2) is 0 Å². The second-order valence-electron chi connectivity index (χ2n) is 4.64. The van der Waals surface area contributed by atoms with Crippen LogP contribution in [0.25, 0.3) is 0 Å². The van der Waals surface area contributed by atoms with Crippen LogP contribution < -0.4 is 5.73 Å². The number of hydrogen-bond acceptors (Lipinski definition) is 2. The van der Waals surface area contributed by atoms with Crippen molar-refractivity contribution in [1.29, 1.82) is 0 Å². The van der Waals surface area contributed by atoms with Crippen molar-refractivity contribution in [1.82, 2.24) is 4.90 Å². The summed E-state index contributed by atoms with van der Waals surface area (Å²) in [6.45, 7) is 10.1. The molecule has 0 aromatic rings. The summed E-state index contributed by atoms with van der Waals surface area (Å²) in [6, 6.07) is 0. The highest BCUT2D eigenvalue weighted by molar-refractivity contribution is 4.91. The van der Waals surface area contributed by atoms with E-state index in [9.17, 15) is 0 Å². The molecule has 0 radical (unpaired) electrons. The Bertz CT molecular complexity index is 141. The lowest BCUT2D eigenvalue weighted by atomic mass is 9.87. The van der Waals surface area contributed by atoms with Gasteiger partial charge in [-0.05, 0) is 38.8 Å². The Balaban J connectivity index is 2.48. The van der Waals surface area contributed by atoms with Crippen LogP contribution in [0.1, 0.15) is 33.6 Å². The predicted octanol–water partition coefficient (Wildman–Crippen LogP) is 1.46. The first-order valence-electron chi connectivity index (χ1n) is 5.03. The second-order valence-corrected chi connectivity index (χ2v) is 4.64. The summed E-state index contributed by atoms with van der Waals surface area (Å²) in [7, 11) is 0. The molecule has 2 nitrogen and oxygen atoms in total. The van der Waals surface area contributed by atoms with Crippen molar-refractivity contribution in [3.05, 3.63) is 0 Å². The van der Waals surface area contributed by atoms with E-state index in [0.29, 0.717) is 0 Å². The molecular formula is C10H22N2. The highest BCUT2D eigenvalue weighted by Gasteiger charge is 2.34. The number of rotatable bonds is 4. The summed E-state index contributed by atoms with van der Waals surface area (Å²) in [5, 5.41) is 0. The monoisotopic (exact) mass is 170 g/mol. The molecule has 0 spiro atoms. The van der Waals surface area contributed by atoms with Gasteiger partial charge in [0.05, 0.1) is 0 Å². The van der Waals surface area contributed by atoms with Crippen molar-refractivity contribution >= 4 is 0 Å². The minimum atomic E-state index is 0.270. The van der Waals surface area contributed by atoms with Gasteiger partial charge in [0.25, 0.3) is 0 Å². The summed E-state index contributed by atoms with van der Waals surface area (Å²) in [4.78, 5) is 2.52. The number of nitrogens with two attached hydrogens (primary N) is 1. The van der Waals surface area contributed by atoms with Crippen LogP contribution in [0.3, 0.4) is 0 Å². The van der Waals surface area contributed by atoms with E-state index in [1.165, 1.54) is 25.9 Å². The lowest BCUT2D eigenvalue weighted by Gasteiger charge is -2.47. The van der Waals surface area contributed by atoms with Crippen molar-refractivity contribution in [3.8, 4) is 0 Å². The van der Waals surface area contributed by atoms with E-state index in [2.05, 4.69) is 25.7 Å². The minimum absolute atomic E-state index is 0.270. The van der Waals surface area contributed by atoms with Crippen LogP contribution in [0.5, 0.6) is 0 Å². The van der Waals surface area contributed by atoms with E-state index < -0.39 is 0 Å². The molecule has 1 fully saturated rings. The zero-order chi connectivity index (χ0) is 9.19. The van der Waals surface area contributed by atoms with Gasteiger partial charge in [0.2, 0.25) is 0 Å². The molecule has 2 N–H and O–H groups in total. The SMILES string of the molecule is CC(C)CC(C)(CN)N1CCC1. The fraction of sp³-hybridized carbons (Fsp3) is 1.00. The van der Waals surface area contributed by atoms with Gasteiger partial charge in [-0.3, -0.25) is 4.90 Å². The smallest absolute Gasteiger partial charge is 0.0306 e. The maximum atomic E-state index is 5.82. The molecule has 0 aliphatic carbocycles. The van der Waals surface area contributed by atoms with Crippen LogP contribution in [0.2, 0.25) is 0 Å². The summed E-state index contributed by atoms with van der Waals surface area (Å²) in [6.07, 6.45) is 2.58. The van der Waals surface area contributed by atoms with Crippen molar-refractivity contribution in [2.45, 2.75) is 39.2 Å². The Morgan fingerprint density at radius 1 is 1.42 bits per heavy atom. The van der Waals surface area contributed by atoms with E-state index in [1.807, 2.05) is 0 Å². The lowest BCUT2D eigenvalue weighted by molar-refractivity contribution is 0.0328. The summed E-state index contributed by atoms with van der Waals surface area (Å²) >= 11 is 0. The summed E-state index contributed by atoms with van der Waals surface area (Å²) in [5.41, 5.74) is 6.09.